The minimum absolute atomic E-state index is 0.0861. The smallest absolute Gasteiger partial charge is 0.232 e. The molecule has 158 valence electrons. The summed E-state index contributed by atoms with van der Waals surface area (Å²) in [7, 11) is -3.42. The van der Waals surface area contributed by atoms with Crippen LogP contribution in [0.5, 0.6) is 0 Å². The van der Waals surface area contributed by atoms with Gasteiger partial charge in [0.1, 0.15) is 0 Å². The third kappa shape index (κ3) is 5.83. The fourth-order valence-corrected chi connectivity index (χ4v) is 4.55. The summed E-state index contributed by atoms with van der Waals surface area (Å²) in [6, 6.07) is 19.9. The van der Waals surface area contributed by atoms with Gasteiger partial charge in [0.2, 0.25) is 15.9 Å². The normalized spacial score (nSPS) is 11.4. The van der Waals surface area contributed by atoms with Crippen molar-refractivity contribution in [3.8, 4) is 0 Å². The van der Waals surface area contributed by atoms with E-state index in [1.54, 1.807) is 0 Å². The van der Waals surface area contributed by atoms with Crippen LogP contribution in [0.15, 0.2) is 60.7 Å². The number of anilines is 1. The molecule has 0 aromatic heterocycles. The molecule has 0 aliphatic carbocycles. The van der Waals surface area contributed by atoms with Crippen LogP contribution in [0.1, 0.15) is 29.5 Å². The number of fused-ring (bicyclic) bond motifs is 1. The van der Waals surface area contributed by atoms with Crippen LogP contribution in [-0.2, 0) is 21.4 Å². The average Bonchev–Trinajstić information content (AvgIpc) is 2.67. The van der Waals surface area contributed by atoms with Crippen molar-refractivity contribution >= 4 is 32.4 Å². The summed E-state index contributed by atoms with van der Waals surface area (Å²) >= 11 is 0. The number of aryl methyl sites for hydroxylation is 2. The maximum atomic E-state index is 12.3. The molecule has 0 fully saturated rings. The maximum absolute atomic E-state index is 12.3. The summed E-state index contributed by atoms with van der Waals surface area (Å²) < 4.78 is 25.9. The Labute approximate surface area is 178 Å². The highest BCUT2D eigenvalue weighted by Crippen LogP contribution is 2.22. The zero-order valence-electron chi connectivity index (χ0n) is 17.7. The van der Waals surface area contributed by atoms with Gasteiger partial charge in [0.15, 0.2) is 0 Å². The topological polar surface area (TPSA) is 66.5 Å². The lowest BCUT2D eigenvalue weighted by Crippen LogP contribution is -2.32. The first kappa shape index (κ1) is 21.8. The van der Waals surface area contributed by atoms with E-state index in [4.69, 9.17) is 0 Å². The van der Waals surface area contributed by atoms with Crippen molar-refractivity contribution in [3.63, 3.8) is 0 Å². The van der Waals surface area contributed by atoms with Crippen LogP contribution < -0.4 is 9.62 Å². The zero-order valence-corrected chi connectivity index (χ0v) is 18.5. The highest BCUT2D eigenvalue weighted by Gasteiger charge is 2.18. The van der Waals surface area contributed by atoms with E-state index in [1.165, 1.54) is 15.9 Å². The van der Waals surface area contributed by atoms with Gasteiger partial charge in [-0.2, -0.15) is 0 Å². The number of carbonyl (C=O) groups is 1. The molecule has 5 nitrogen and oxygen atoms in total. The summed E-state index contributed by atoms with van der Waals surface area (Å²) in [5.41, 5.74) is 3.69. The first-order valence-electron chi connectivity index (χ1n) is 10.0. The lowest BCUT2D eigenvalue weighted by molar-refractivity contribution is -0.121. The molecule has 0 heterocycles. The van der Waals surface area contributed by atoms with Gasteiger partial charge in [-0.1, -0.05) is 42.5 Å². The van der Waals surface area contributed by atoms with Crippen molar-refractivity contribution in [2.75, 3.05) is 17.1 Å². The summed E-state index contributed by atoms with van der Waals surface area (Å²) in [5, 5.41) is 5.23. The summed E-state index contributed by atoms with van der Waals surface area (Å²) in [6.07, 6.45) is 1.92. The zero-order chi connectivity index (χ0) is 21.7. The molecule has 0 radical (unpaired) electrons. The number of carbonyl (C=O) groups excluding carboxylic acids is 1. The van der Waals surface area contributed by atoms with Crippen LogP contribution in [-0.4, -0.2) is 27.1 Å². The maximum Gasteiger partial charge on any atom is 0.232 e. The molecule has 3 aromatic rings. The quantitative estimate of drug-likeness (QED) is 0.586. The highest BCUT2D eigenvalue weighted by atomic mass is 32.2. The van der Waals surface area contributed by atoms with Crippen LogP contribution in [0, 0.1) is 13.8 Å². The molecule has 30 heavy (non-hydrogen) atoms. The Morgan fingerprint density at radius 2 is 1.60 bits per heavy atom. The summed E-state index contributed by atoms with van der Waals surface area (Å²) in [4.78, 5) is 12.3. The standard InChI is InChI=1S/C24H28N2O3S/c1-18-13-19(2)15-23(14-18)26(30(3,28)29)12-6-9-24(27)25-17-20-10-11-21-7-4-5-8-22(21)16-20/h4-5,7-8,10-11,13-16H,6,9,12,17H2,1-3H3,(H,25,27). The van der Waals surface area contributed by atoms with E-state index in [0.29, 0.717) is 18.7 Å². The number of hydrogen-bond acceptors (Lipinski definition) is 3. The molecule has 0 atom stereocenters. The number of amides is 1. The largest absolute Gasteiger partial charge is 0.352 e. The van der Waals surface area contributed by atoms with Crippen molar-refractivity contribution in [2.45, 2.75) is 33.2 Å². The number of nitrogens with one attached hydrogen (secondary N) is 1. The van der Waals surface area contributed by atoms with Gasteiger partial charge in [-0.3, -0.25) is 9.10 Å². The van der Waals surface area contributed by atoms with Gasteiger partial charge in [-0.25, -0.2) is 8.42 Å². The van der Waals surface area contributed by atoms with Gasteiger partial charge in [0.05, 0.1) is 11.9 Å². The van der Waals surface area contributed by atoms with Crippen molar-refractivity contribution in [3.05, 3.63) is 77.4 Å². The molecule has 3 aromatic carbocycles. The van der Waals surface area contributed by atoms with Crippen LogP contribution >= 0.6 is 0 Å². The number of hydrogen-bond donors (Lipinski definition) is 1. The van der Waals surface area contributed by atoms with Gasteiger partial charge in [0, 0.05) is 19.5 Å². The first-order chi connectivity index (χ1) is 14.2. The predicted molar refractivity (Wildman–Crippen MR) is 123 cm³/mol. The van der Waals surface area contributed by atoms with E-state index in [9.17, 15) is 13.2 Å². The molecular formula is C24H28N2O3S. The second-order valence-corrected chi connectivity index (χ2v) is 9.65. The van der Waals surface area contributed by atoms with Gasteiger partial charge in [0.25, 0.3) is 0 Å². The van der Waals surface area contributed by atoms with E-state index < -0.39 is 10.0 Å². The van der Waals surface area contributed by atoms with E-state index in [2.05, 4.69) is 17.4 Å². The Balaban J connectivity index is 1.56. The monoisotopic (exact) mass is 424 g/mol. The average molecular weight is 425 g/mol. The number of rotatable bonds is 8. The Kier molecular flexibility index (Phi) is 6.77. The molecule has 0 aliphatic rings. The number of sulfonamides is 1. The van der Waals surface area contributed by atoms with Crippen molar-refractivity contribution < 1.29 is 13.2 Å². The fraction of sp³-hybridized carbons (Fsp3) is 0.292. The van der Waals surface area contributed by atoms with Gasteiger partial charge < -0.3 is 5.32 Å². The van der Waals surface area contributed by atoms with E-state index >= 15 is 0 Å². The first-order valence-corrected chi connectivity index (χ1v) is 11.9. The Morgan fingerprint density at radius 3 is 2.27 bits per heavy atom. The molecule has 0 aliphatic heterocycles. The van der Waals surface area contributed by atoms with Crippen molar-refractivity contribution in [1.82, 2.24) is 5.32 Å². The minimum Gasteiger partial charge on any atom is -0.352 e. The van der Waals surface area contributed by atoms with Crippen LogP contribution in [0.25, 0.3) is 10.8 Å². The molecule has 0 saturated heterocycles. The van der Waals surface area contributed by atoms with E-state index in [0.717, 1.165) is 22.1 Å². The Morgan fingerprint density at radius 1 is 0.933 bits per heavy atom. The second-order valence-electron chi connectivity index (χ2n) is 7.74. The lowest BCUT2D eigenvalue weighted by Gasteiger charge is -2.23. The Bertz CT molecular complexity index is 1140. The molecule has 0 spiro atoms. The second kappa shape index (κ2) is 9.30. The fourth-order valence-electron chi connectivity index (χ4n) is 3.60. The lowest BCUT2D eigenvalue weighted by atomic mass is 10.1. The van der Waals surface area contributed by atoms with Gasteiger partial charge in [-0.15, -0.1) is 0 Å². The molecule has 0 saturated carbocycles. The third-order valence-corrected chi connectivity index (χ3v) is 6.16. The van der Waals surface area contributed by atoms with Crippen LogP contribution in [0.3, 0.4) is 0 Å². The van der Waals surface area contributed by atoms with Gasteiger partial charge >= 0.3 is 0 Å². The van der Waals surface area contributed by atoms with Crippen molar-refractivity contribution in [1.29, 1.82) is 0 Å². The van der Waals surface area contributed by atoms with E-state index in [1.807, 2.05) is 62.4 Å². The Hall–Kier alpha value is -2.86. The van der Waals surface area contributed by atoms with Crippen LogP contribution in [0.4, 0.5) is 5.69 Å². The SMILES string of the molecule is Cc1cc(C)cc(N(CCCC(=O)NCc2ccc3ccccc3c2)S(C)(=O)=O)c1. The molecule has 1 N–H and O–H groups in total. The molecular weight excluding hydrogens is 396 g/mol. The third-order valence-electron chi connectivity index (χ3n) is 4.96. The van der Waals surface area contributed by atoms with Crippen molar-refractivity contribution in [2.24, 2.45) is 0 Å². The highest BCUT2D eigenvalue weighted by molar-refractivity contribution is 7.92. The molecule has 1 amide bonds. The number of nitrogens with zero attached hydrogens (tertiary/aromatic N) is 1. The molecule has 0 bridgehead atoms. The number of benzene rings is 3. The molecule has 0 unspecified atom stereocenters. The summed E-state index contributed by atoms with van der Waals surface area (Å²) in [6.45, 7) is 4.61. The van der Waals surface area contributed by atoms with Crippen LogP contribution in [0.2, 0.25) is 0 Å². The minimum atomic E-state index is -3.42. The summed E-state index contributed by atoms with van der Waals surface area (Å²) in [5.74, 6) is -0.0861. The van der Waals surface area contributed by atoms with E-state index in [-0.39, 0.29) is 18.9 Å². The molecule has 3 rings (SSSR count). The van der Waals surface area contributed by atoms with Gasteiger partial charge in [-0.05, 0) is 65.9 Å². The molecule has 6 heteroatoms. The predicted octanol–water partition coefficient (Wildman–Crippen LogP) is 4.32.